The van der Waals surface area contributed by atoms with Crippen LogP contribution in [0, 0.1) is 0 Å². The molecule has 7 nitrogen and oxygen atoms in total. The quantitative estimate of drug-likeness (QED) is 0.797. The topological polar surface area (TPSA) is 80.2 Å². The van der Waals surface area contributed by atoms with Gasteiger partial charge in [-0.1, -0.05) is 17.3 Å². The van der Waals surface area contributed by atoms with E-state index in [-0.39, 0.29) is 6.04 Å². The van der Waals surface area contributed by atoms with Crippen molar-refractivity contribution in [3.8, 4) is 0 Å². The molecule has 0 radical (unpaired) electrons. The van der Waals surface area contributed by atoms with Crippen molar-refractivity contribution in [2.45, 2.75) is 31.9 Å². The number of benzene rings is 1. The summed E-state index contributed by atoms with van der Waals surface area (Å²) in [6, 6.07) is 8.41. The number of rotatable bonds is 3. The molecule has 1 atom stereocenters. The van der Waals surface area contributed by atoms with Gasteiger partial charge < -0.3 is 14.4 Å². The van der Waals surface area contributed by atoms with Gasteiger partial charge in [-0.3, -0.25) is 0 Å². The van der Waals surface area contributed by atoms with Crippen molar-refractivity contribution in [2.24, 2.45) is 0 Å². The van der Waals surface area contributed by atoms with Gasteiger partial charge in [-0.15, -0.1) is 5.10 Å². The summed E-state index contributed by atoms with van der Waals surface area (Å²) >= 11 is 0. The Morgan fingerprint density at radius 2 is 2.13 bits per heavy atom. The van der Waals surface area contributed by atoms with Crippen LogP contribution in [0.5, 0.6) is 0 Å². The van der Waals surface area contributed by atoms with Crippen molar-refractivity contribution >= 4 is 17.1 Å². The van der Waals surface area contributed by atoms with Crippen molar-refractivity contribution in [1.82, 2.24) is 20.0 Å². The van der Waals surface area contributed by atoms with Crippen molar-refractivity contribution < 1.29 is 9.52 Å². The zero-order valence-corrected chi connectivity index (χ0v) is 13.2. The second-order valence-corrected chi connectivity index (χ2v) is 6.34. The number of fused-ring (bicyclic) bond motifs is 1. The van der Waals surface area contributed by atoms with Crippen LogP contribution in [0.1, 0.15) is 32.0 Å². The second-order valence-electron chi connectivity index (χ2n) is 6.34. The Bertz CT molecular complexity index is 807. The maximum absolute atomic E-state index is 10.9. The highest BCUT2D eigenvalue weighted by Crippen LogP contribution is 2.34. The normalized spacial score (nSPS) is 21.7. The fourth-order valence-corrected chi connectivity index (χ4v) is 2.90. The lowest BCUT2D eigenvalue weighted by atomic mass is 10.00. The van der Waals surface area contributed by atoms with Crippen LogP contribution in [0.2, 0.25) is 0 Å². The summed E-state index contributed by atoms with van der Waals surface area (Å²) < 4.78 is 7.55. The lowest BCUT2D eigenvalue weighted by Gasteiger charge is -2.19. The predicted molar refractivity (Wildman–Crippen MR) is 85.1 cm³/mol. The van der Waals surface area contributed by atoms with Gasteiger partial charge in [0.05, 0.1) is 12.7 Å². The second kappa shape index (κ2) is 5.06. The van der Waals surface area contributed by atoms with Gasteiger partial charge in [-0.05, 0) is 26.0 Å². The molecule has 7 heteroatoms. The van der Waals surface area contributed by atoms with Gasteiger partial charge in [0.15, 0.2) is 5.58 Å². The van der Waals surface area contributed by atoms with E-state index in [1.807, 2.05) is 49.2 Å². The van der Waals surface area contributed by atoms with Crippen LogP contribution in [0.4, 0.5) is 6.01 Å². The van der Waals surface area contributed by atoms with Gasteiger partial charge in [-0.2, -0.15) is 4.98 Å². The molecule has 4 rings (SSSR count). The summed E-state index contributed by atoms with van der Waals surface area (Å²) in [5, 5.41) is 19.2. The molecule has 2 aromatic heterocycles. The molecule has 120 valence electrons. The minimum atomic E-state index is -1.02. The fraction of sp³-hybridized carbons (Fsp3) is 0.438. The number of nitrogens with zero attached hydrogens (tertiary/aromatic N) is 5. The molecule has 0 bridgehead atoms. The number of oxazole rings is 1. The molecule has 1 aliphatic heterocycles. The van der Waals surface area contributed by atoms with Crippen LogP contribution >= 0.6 is 0 Å². The Morgan fingerprint density at radius 1 is 1.30 bits per heavy atom. The number of para-hydroxylation sites is 2. The minimum Gasteiger partial charge on any atom is -0.423 e. The predicted octanol–water partition coefficient (Wildman–Crippen LogP) is 2.10. The van der Waals surface area contributed by atoms with Crippen LogP contribution < -0.4 is 4.90 Å². The van der Waals surface area contributed by atoms with Crippen molar-refractivity contribution in [1.29, 1.82) is 0 Å². The Kier molecular flexibility index (Phi) is 3.12. The first kappa shape index (κ1) is 14.2. The summed E-state index contributed by atoms with van der Waals surface area (Å²) in [4.78, 5) is 6.45. The lowest BCUT2D eigenvalue weighted by molar-refractivity contribution is 0.0556. The average Bonchev–Trinajstić information content (AvgIpc) is 3.24. The average molecular weight is 313 g/mol. The van der Waals surface area contributed by atoms with Crippen LogP contribution in [0.25, 0.3) is 11.1 Å². The van der Waals surface area contributed by atoms with E-state index in [1.165, 1.54) is 0 Å². The molecule has 1 N–H and O–H groups in total. The van der Waals surface area contributed by atoms with Gasteiger partial charge in [0.1, 0.15) is 16.8 Å². The SMILES string of the molecule is CC(C)n1cc(C2(O)CCN(c3nc4ccccc4o3)C2)nn1. The summed E-state index contributed by atoms with van der Waals surface area (Å²) in [5.41, 5.74) is 1.16. The van der Waals surface area contributed by atoms with E-state index in [4.69, 9.17) is 4.42 Å². The van der Waals surface area contributed by atoms with E-state index in [0.29, 0.717) is 31.2 Å². The Labute approximate surface area is 133 Å². The van der Waals surface area contributed by atoms with Crippen LogP contribution in [-0.4, -0.2) is 38.2 Å². The van der Waals surface area contributed by atoms with E-state index < -0.39 is 5.60 Å². The number of aliphatic hydroxyl groups is 1. The van der Waals surface area contributed by atoms with Gasteiger partial charge >= 0.3 is 0 Å². The summed E-state index contributed by atoms with van der Waals surface area (Å²) in [7, 11) is 0. The summed E-state index contributed by atoms with van der Waals surface area (Å²) in [6.07, 6.45) is 2.39. The summed E-state index contributed by atoms with van der Waals surface area (Å²) in [5.74, 6) is 0. The first-order valence-electron chi connectivity index (χ1n) is 7.80. The standard InChI is InChI=1S/C16H19N5O2/c1-11(2)21-9-14(18-19-21)16(22)7-8-20(10-16)15-17-12-5-3-4-6-13(12)23-15/h3-6,9,11,22H,7-8,10H2,1-2H3. The van der Waals surface area contributed by atoms with Crippen LogP contribution in [0.3, 0.4) is 0 Å². The molecular weight excluding hydrogens is 294 g/mol. The molecule has 23 heavy (non-hydrogen) atoms. The molecule has 1 fully saturated rings. The summed E-state index contributed by atoms with van der Waals surface area (Å²) in [6.45, 7) is 5.12. The van der Waals surface area contributed by atoms with E-state index in [1.54, 1.807) is 4.68 Å². The van der Waals surface area contributed by atoms with Crippen molar-refractivity contribution in [3.63, 3.8) is 0 Å². The van der Waals surface area contributed by atoms with Gasteiger partial charge in [0.25, 0.3) is 6.01 Å². The highest BCUT2D eigenvalue weighted by molar-refractivity contribution is 5.74. The third-order valence-corrected chi connectivity index (χ3v) is 4.32. The number of anilines is 1. The van der Waals surface area contributed by atoms with Crippen molar-refractivity contribution in [3.05, 3.63) is 36.2 Å². The Hall–Kier alpha value is -2.41. The first-order valence-corrected chi connectivity index (χ1v) is 7.80. The van der Waals surface area contributed by atoms with E-state index in [0.717, 1.165) is 11.1 Å². The van der Waals surface area contributed by atoms with E-state index >= 15 is 0 Å². The third kappa shape index (κ3) is 2.37. The molecular formula is C16H19N5O2. The maximum Gasteiger partial charge on any atom is 0.298 e. The molecule has 1 unspecified atom stereocenters. The zero-order valence-electron chi connectivity index (χ0n) is 13.2. The highest BCUT2D eigenvalue weighted by Gasteiger charge is 2.41. The smallest absolute Gasteiger partial charge is 0.298 e. The molecule has 1 saturated heterocycles. The molecule has 1 aliphatic rings. The molecule has 3 heterocycles. The molecule has 0 spiro atoms. The lowest BCUT2D eigenvalue weighted by Crippen LogP contribution is -2.31. The molecule has 3 aromatic rings. The number of β-amino-alcohol motifs (C(OH)–C–C–N with tert-alkyl or cyclic N) is 1. The van der Waals surface area contributed by atoms with Gasteiger partial charge in [-0.25, -0.2) is 4.68 Å². The molecule has 0 saturated carbocycles. The van der Waals surface area contributed by atoms with E-state index in [2.05, 4.69) is 15.3 Å². The van der Waals surface area contributed by atoms with E-state index in [9.17, 15) is 5.11 Å². The highest BCUT2D eigenvalue weighted by atomic mass is 16.4. The third-order valence-electron chi connectivity index (χ3n) is 4.32. The molecule has 0 amide bonds. The molecule has 1 aromatic carbocycles. The minimum absolute atomic E-state index is 0.217. The van der Waals surface area contributed by atoms with Gasteiger partial charge in [0.2, 0.25) is 0 Å². The number of hydrogen-bond acceptors (Lipinski definition) is 6. The Balaban J connectivity index is 1.59. The van der Waals surface area contributed by atoms with Gasteiger partial charge in [0, 0.05) is 19.0 Å². The fourth-order valence-electron chi connectivity index (χ4n) is 2.90. The first-order chi connectivity index (χ1) is 11.0. The largest absolute Gasteiger partial charge is 0.423 e. The molecule has 0 aliphatic carbocycles. The maximum atomic E-state index is 10.9. The number of aromatic nitrogens is 4. The van der Waals surface area contributed by atoms with Crippen LogP contribution in [-0.2, 0) is 5.60 Å². The van der Waals surface area contributed by atoms with Crippen molar-refractivity contribution in [2.75, 3.05) is 18.0 Å². The monoisotopic (exact) mass is 313 g/mol. The van der Waals surface area contributed by atoms with Crippen LogP contribution in [0.15, 0.2) is 34.9 Å². The number of hydrogen-bond donors (Lipinski definition) is 1. The Morgan fingerprint density at radius 3 is 2.87 bits per heavy atom. The zero-order chi connectivity index (χ0) is 16.0.